The average Bonchev–Trinajstić information content (AvgIpc) is 3.20. The van der Waals surface area contributed by atoms with Crippen molar-refractivity contribution >= 4 is 107 Å². The topological polar surface area (TPSA) is 374 Å². The normalized spacial score (nSPS) is 11.9. The van der Waals surface area contributed by atoms with E-state index in [4.69, 9.17) is 0 Å². The Labute approximate surface area is 505 Å². The van der Waals surface area contributed by atoms with Gasteiger partial charge in [-0.15, -0.1) is 20.5 Å². The van der Waals surface area contributed by atoms with E-state index < -0.39 is 111 Å². The zero-order chi connectivity index (χ0) is 46.3. The standard InChI is InChI=1S/C38H24N6O16S4.2Cu.4Na/c45-29-11-17(5-7-25(29)41-43-35-32(63(55,56)57)13-19-10-27-28(16-22(19)37(35)47)40-24-4-2-1-3-23(24)39-27)18-6-8-26(30(46)12-18)42-44-36-33(64(58,59)60)14-20-9-21(61(49,50)51)15-31(62(52,53)54)34(20)38(36)48;;;;;;/h1-16,45-48H,(H,49,50,51)(H,52,53,54)(H,55,56,57)(H,58,59,60);;;;;;/q;;;4*+1. The molecule has 70 heavy (non-hydrogen) atoms. The Morgan fingerprint density at radius 1 is 0.414 bits per heavy atom. The molecule has 22 nitrogen and oxygen atoms in total. The summed E-state index contributed by atoms with van der Waals surface area (Å²) in [5.41, 5.74) is -0.149. The van der Waals surface area contributed by atoms with Crippen LogP contribution in [0.25, 0.3) is 54.7 Å². The molecule has 32 heteroatoms. The Kier molecular flexibility index (Phi) is 21.8. The molecule has 0 spiro atoms. The van der Waals surface area contributed by atoms with Gasteiger partial charge in [-0.05, 0) is 94.7 Å². The van der Waals surface area contributed by atoms with Crippen molar-refractivity contribution in [3.05, 3.63) is 97.1 Å². The van der Waals surface area contributed by atoms with E-state index in [0.29, 0.717) is 34.2 Å². The Balaban J connectivity index is 0.00000280. The maximum Gasteiger partial charge on any atom is 1.00 e. The van der Waals surface area contributed by atoms with Gasteiger partial charge in [-0.25, -0.2) is 9.97 Å². The predicted octanol–water partition coefficient (Wildman–Crippen LogP) is -4.59. The molecule has 0 aliphatic heterocycles. The number of aromatic nitrogens is 2. The Morgan fingerprint density at radius 2 is 0.843 bits per heavy atom. The van der Waals surface area contributed by atoms with Crippen LogP contribution in [-0.4, -0.2) is 82.3 Å². The van der Waals surface area contributed by atoms with Gasteiger partial charge in [0.25, 0.3) is 40.5 Å². The number of phenols is 4. The molecule has 1 heterocycles. The van der Waals surface area contributed by atoms with E-state index >= 15 is 0 Å². The first-order valence-corrected chi connectivity index (χ1v) is 23.2. The molecule has 0 aliphatic carbocycles. The zero-order valence-corrected chi connectivity index (χ0v) is 49.1. The van der Waals surface area contributed by atoms with Gasteiger partial charge in [0.15, 0.2) is 11.5 Å². The van der Waals surface area contributed by atoms with Crippen LogP contribution in [0.5, 0.6) is 23.0 Å². The summed E-state index contributed by atoms with van der Waals surface area (Å²) in [7, 11) is -20.9. The molecule has 0 saturated carbocycles. The molecule has 8 aromatic rings. The fraction of sp³-hybridized carbons (Fsp3) is 0. The van der Waals surface area contributed by atoms with E-state index in [1.54, 1.807) is 24.3 Å². The van der Waals surface area contributed by atoms with E-state index in [2.05, 4.69) is 30.4 Å². The first-order chi connectivity index (χ1) is 29.9. The molecular weight excluding hydrogens is 1140 g/mol. The van der Waals surface area contributed by atoms with Crippen LogP contribution in [0.4, 0.5) is 22.7 Å². The second kappa shape index (κ2) is 23.9. The summed E-state index contributed by atoms with van der Waals surface area (Å²) in [4.78, 5) is 4.60. The van der Waals surface area contributed by atoms with Crippen LogP contribution in [-0.2, 0) is 74.6 Å². The Bertz CT molecular complexity index is 3940. The van der Waals surface area contributed by atoms with Crippen LogP contribution in [0.3, 0.4) is 0 Å². The Hall–Kier alpha value is -2.26. The molecule has 0 bridgehead atoms. The number of aromatic hydroxyl groups is 4. The van der Waals surface area contributed by atoms with E-state index in [-0.39, 0.29) is 186 Å². The molecule has 0 saturated heterocycles. The fourth-order valence-corrected chi connectivity index (χ4v) is 9.29. The van der Waals surface area contributed by atoms with Gasteiger partial charge in [0.1, 0.15) is 48.9 Å². The molecule has 1 aromatic heterocycles. The number of fused-ring (bicyclic) bond motifs is 4. The summed E-state index contributed by atoms with van der Waals surface area (Å²) in [6.07, 6.45) is 0. The van der Waals surface area contributed by atoms with Gasteiger partial charge < -0.3 is 20.4 Å². The molecule has 8 rings (SSSR count). The molecule has 2 radical (unpaired) electrons. The number of hydrogen-bond acceptors (Lipinski definition) is 18. The molecule has 0 fully saturated rings. The van der Waals surface area contributed by atoms with Gasteiger partial charge >= 0.3 is 118 Å². The minimum absolute atomic E-state index is 0. The van der Waals surface area contributed by atoms with Crippen molar-refractivity contribution in [1.82, 2.24) is 9.97 Å². The molecule has 0 aliphatic rings. The second-order valence-corrected chi connectivity index (χ2v) is 19.2. The number of phenolic OH excluding ortho intramolecular Hbond substituents is 4. The number of benzene rings is 7. The monoisotopic (exact) mass is 1170 g/mol. The minimum Gasteiger partial charge on any atom is -0.506 e. The van der Waals surface area contributed by atoms with Crippen molar-refractivity contribution in [1.29, 1.82) is 0 Å². The largest absolute Gasteiger partial charge is 1.00 e. The summed E-state index contributed by atoms with van der Waals surface area (Å²) >= 11 is 0. The van der Waals surface area contributed by atoms with Crippen LogP contribution in [0.2, 0.25) is 0 Å². The average molecular weight is 1170 g/mol. The van der Waals surface area contributed by atoms with Crippen LogP contribution < -0.4 is 118 Å². The molecular formula is C38H24Cu2N6Na4O16S4+4. The van der Waals surface area contributed by atoms with Crippen molar-refractivity contribution in [2.24, 2.45) is 20.5 Å². The van der Waals surface area contributed by atoms with Crippen LogP contribution in [0.15, 0.2) is 137 Å². The van der Waals surface area contributed by atoms with E-state index in [1.165, 1.54) is 30.3 Å². The number of hydrogen-bond donors (Lipinski definition) is 8. The summed E-state index contributed by atoms with van der Waals surface area (Å²) in [5, 5.41) is 57.7. The minimum atomic E-state index is -5.39. The molecule has 0 amide bonds. The molecule has 0 unspecified atom stereocenters. The van der Waals surface area contributed by atoms with Gasteiger partial charge in [0, 0.05) is 44.9 Å². The SMILES string of the molecule is O=S(=O)(O)c1cc(S(=O)(=O)O)c2c(O)c(N=Nc3ccc(-c4ccc(N=Nc5c(S(=O)(=O)O)cc6cc7nc8ccccc8nc7cc6c5O)c(O)c4)cc3O)c(S(=O)(=O)O)cc2c1.[Cu].[Cu].[Na+].[Na+].[Na+].[Na+]. The third kappa shape index (κ3) is 13.2. The van der Waals surface area contributed by atoms with Crippen molar-refractivity contribution in [3.8, 4) is 34.1 Å². The van der Waals surface area contributed by atoms with Gasteiger partial charge in [-0.1, -0.05) is 24.3 Å². The second-order valence-electron chi connectivity index (χ2n) is 13.6. The summed E-state index contributed by atoms with van der Waals surface area (Å²) in [6.45, 7) is 0. The molecule has 8 N–H and O–H groups in total. The molecule has 7 aromatic carbocycles. The predicted molar refractivity (Wildman–Crippen MR) is 225 cm³/mol. The van der Waals surface area contributed by atoms with Gasteiger partial charge in [-0.3, -0.25) is 18.2 Å². The van der Waals surface area contributed by atoms with Gasteiger partial charge in [0.2, 0.25) is 0 Å². The quantitative estimate of drug-likeness (QED) is 0.0292. The summed E-state index contributed by atoms with van der Waals surface area (Å²) < 4.78 is 137. The van der Waals surface area contributed by atoms with E-state index in [9.17, 15) is 72.3 Å². The first-order valence-electron chi connectivity index (χ1n) is 17.5. The molecule has 348 valence electrons. The van der Waals surface area contributed by atoms with Crippen LogP contribution in [0, 0.1) is 0 Å². The third-order valence-electron chi connectivity index (χ3n) is 9.53. The summed E-state index contributed by atoms with van der Waals surface area (Å²) in [6, 6.07) is 19.6. The fourth-order valence-electron chi connectivity index (χ4n) is 6.61. The van der Waals surface area contributed by atoms with Crippen LogP contribution in [0.1, 0.15) is 0 Å². The van der Waals surface area contributed by atoms with Crippen molar-refractivity contribution in [3.63, 3.8) is 0 Å². The Morgan fingerprint density at radius 3 is 1.27 bits per heavy atom. The number of azo groups is 2. The van der Waals surface area contributed by atoms with Crippen molar-refractivity contribution < 1.29 is 225 Å². The van der Waals surface area contributed by atoms with E-state index in [1.807, 2.05) is 0 Å². The first kappa shape index (κ1) is 63.9. The zero-order valence-electron chi connectivity index (χ0n) is 36.0. The maximum atomic E-state index is 12.5. The van der Waals surface area contributed by atoms with Crippen LogP contribution >= 0.6 is 0 Å². The smallest absolute Gasteiger partial charge is 0.506 e. The van der Waals surface area contributed by atoms with Crippen molar-refractivity contribution in [2.45, 2.75) is 19.6 Å². The number of para-hydroxylation sites is 2. The number of rotatable bonds is 9. The third-order valence-corrected chi connectivity index (χ3v) is 13.0. The van der Waals surface area contributed by atoms with Gasteiger partial charge in [-0.2, -0.15) is 33.7 Å². The maximum absolute atomic E-state index is 12.5. The van der Waals surface area contributed by atoms with Crippen molar-refractivity contribution in [2.75, 3.05) is 0 Å². The number of nitrogens with zero attached hydrogens (tertiary/aromatic N) is 6. The molecule has 0 atom stereocenters. The van der Waals surface area contributed by atoms with E-state index in [0.717, 1.165) is 24.3 Å². The van der Waals surface area contributed by atoms with Gasteiger partial charge in [0.05, 0.1) is 27.0 Å². The summed E-state index contributed by atoms with van der Waals surface area (Å²) in [5.74, 6) is -3.21.